The molecule has 1 aromatic rings. The molecule has 5 nitrogen and oxygen atoms in total. The molecule has 7 heteroatoms. The first-order chi connectivity index (χ1) is 12.7. The minimum Gasteiger partial charge on any atom is -0.357 e. The molecule has 152 valence electrons. The van der Waals surface area contributed by atoms with Crippen LogP contribution < -0.4 is 16.0 Å². The largest absolute Gasteiger partial charge is 0.357 e. The number of guanidine groups is 1. The van der Waals surface area contributed by atoms with Crippen molar-refractivity contribution in [2.75, 3.05) is 26.4 Å². The van der Waals surface area contributed by atoms with Gasteiger partial charge in [0.05, 0.1) is 0 Å². The average molecular weight is 504 g/mol. The maximum Gasteiger partial charge on any atom is 0.251 e. The minimum atomic E-state index is -0.0500. The summed E-state index contributed by atoms with van der Waals surface area (Å²) >= 11 is 1.98. The van der Waals surface area contributed by atoms with E-state index in [1.54, 1.807) is 7.05 Å². The Morgan fingerprint density at radius 1 is 1.33 bits per heavy atom. The highest BCUT2D eigenvalue weighted by Crippen LogP contribution is 2.26. The van der Waals surface area contributed by atoms with Crippen LogP contribution in [0.5, 0.6) is 0 Å². The van der Waals surface area contributed by atoms with Gasteiger partial charge in [0.25, 0.3) is 5.91 Å². The van der Waals surface area contributed by atoms with Gasteiger partial charge in [-0.2, -0.15) is 11.8 Å². The lowest BCUT2D eigenvalue weighted by Gasteiger charge is -2.29. The van der Waals surface area contributed by atoms with Crippen molar-refractivity contribution in [2.24, 2.45) is 4.99 Å². The van der Waals surface area contributed by atoms with Crippen LogP contribution in [0.15, 0.2) is 29.3 Å². The number of rotatable bonds is 7. The van der Waals surface area contributed by atoms with Gasteiger partial charge in [-0.25, -0.2) is 0 Å². The first-order valence-corrected chi connectivity index (χ1v) is 10.8. The number of nitrogens with zero attached hydrogens (tertiary/aromatic N) is 1. The fourth-order valence-electron chi connectivity index (χ4n) is 3.31. The topological polar surface area (TPSA) is 65.5 Å². The van der Waals surface area contributed by atoms with Crippen molar-refractivity contribution in [3.05, 3.63) is 35.4 Å². The zero-order chi connectivity index (χ0) is 18.8. The van der Waals surface area contributed by atoms with Gasteiger partial charge in [-0.1, -0.05) is 18.6 Å². The molecule has 1 aromatic carbocycles. The molecule has 0 saturated heterocycles. The average Bonchev–Trinajstić information content (AvgIpc) is 2.68. The Hall–Kier alpha value is -0.960. The SMILES string of the molecule is CCNC(=NCCc1cccc(C(=O)NC)c1)NC1CCCC(SC)C1.I. The van der Waals surface area contributed by atoms with Gasteiger partial charge in [-0.05, 0) is 56.6 Å². The van der Waals surface area contributed by atoms with Crippen LogP contribution in [0.1, 0.15) is 48.5 Å². The molecule has 1 aliphatic carbocycles. The van der Waals surface area contributed by atoms with Gasteiger partial charge in [0.15, 0.2) is 5.96 Å². The number of aliphatic imine (C=N–C) groups is 1. The van der Waals surface area contributed by atoms with E-state index in [1.165, 1.54) is 25.7 Å². The monoisotopic (exact) mass is 504 g/mol. The van der Waals surface area contributed by atoms with Crippen molar-refractivity contribution in [1.82, 2.24) is 16.0 Å². The fraction of sp³-hybridized carbons (Fsp3) is 0.600. The Morgan fingerprint density at radius 3 is 2.85 bits per heavy atom. The zero-order valence-corrected chi connectivity index (χ0v) is 19.7. The predicted molar refractivity (Wildman–Crippen MR) is 128 cm³/mol. The molecule has 1 fully saturated rings. The van der Waals surface area contributed by atoms with Gasteiger partial charge in [-0.3, -0.25) is 9.79 Å². The molecule has 0 bridgehead atoms. The molecule has 0 aliphatic heterocycles. The second-order valence-electron chi connectivity index (χ2n) is 6.66. The maximum atomic E-state index is 11.7. The molecule has 2 rings (SSSR count). The summed E-state index contributed by atoms with van der Waals surface area (Å²) in [6, 6.07) is 8.27. The number of amides is 1. The van der Waals surface area contributed by atoms with Crippen LogP contribution in [-0.4, -0.2) is 49.6 Å². The first kappa shape index (κ1) is 24.1. The molecule has 2 atom stereocenters. The van der Waals surface area contributed by atoms with Crippen LogP contribution in [-0.2, 0) is 6.42 Å². The van der Waals surface area contributed by atoms with Gasteiger partial charge < -0.3 is 16.0 Å². The molecular weight excluding hydrogens is 471 g/mol. The molecule has 0 radical (unpaired) electrons. The van der Waals surface area contributed by atoms with Gasteiger partial charge in [-0.15, -0.1) is 24.0 Å². The van der Waals surface area contributed by atoms with E-state index in [0.29, 0.717) is 18.2 Å². The highest BCUT2D eigenvalue weighted by molar-refractivity contribution is 14.0. The summed E-state index contributed by atoms with van der Waals surface area (Å²) in [7, 11) is 1.65. The Balaban J connectivity index is 0.00000364. The lowest BCUT2D eigenvalue weighted by atomic mass is 9.95. The standard InChI is InChI=1S/C20H32N4OS.HI/c1-4-22-20(24-17-9-6-10-18(14-17)26-3)23-12-11-15-7-5-8-16(13-15)19(25)21-2;/h5,7-8,13,17-18H,4,6,9-12,14H2,1-3H3,(H,21,25)(H2,22,23,24);1H. The van der Waals surface area contributed by atoms with Crippen molar-refractivity contribution in [1.29, 1.82) is 0 Å². The summed E-state index contributed by atoms with van der Waals surface area (Å²) in [5.41, 5.74) is 1.83. The van der Waals surface area contributed by atoms with Crippen LogP contribution in [0.3, 0.4) is 0 Å². The van der Waals surface area contributed by atoms with E-state index in [0.717, 1.165) is 29.7 Å². The Labute approximate surface area is 185 Å². The Kier molecular flexibility index (Phi) is 11.8. The number of carbonyl (C=O) groups excluding carboxylic acids is 1. The molecular formula is C20H33IN4OS. The summed E-state index contributed by atoms with van der Waals surface area (Å²) in [5.74, 6) is 0.854. The summed E-state index contributed by atoms with van der Waals surface area (Å²) in [6.45, 7) is 3.65. The first-order valence-electron chi connectivity index (χ1n) is 9.55. The molecule has 1 aliphatic rings. The van der Waals surface area contributed by atoms with Crippen molar-refractivity contribution in [2.45, 2.75) is 50.3 Å². The summed E-state index contributed by atoms with van der Waals surface area (Å²) in [5, 5.41) is 10.4. The molecule has 2 unspecified atom stereocenters. The zero-order valence-electron chi connectivity index (χ0n) is 16.6. The number of hydrogen-bond acceptors (Lipinski definition) is 3. The van der Waals surface area contributed by atoms with Crippen molar-refractivity contribution >= 4 is 47.6 Å². The summed E-state index contributed by atoms with van der Waals surface area (Å²) < 4.78 is 0. The van der Waals surface area contributed by atoms with E-state index < -0.39 is 0 Å². The van der Waals surface area contributed by atoms with E-state index in [4.69, 9.17) is 4.99 Å². The van der Waals surface area contributed by atoms with E-state index in [9.17, 15) is 4.79 Å². The predicted octanol–water partition coefficient (Wildman–Crippen LogP) is 3.44. The number of nitrogens with one attached hydrogen (secondary N) is 3. The van der Waals surface area contributed by atoms with Gasteiger partial charge in [0.2, 0.25) is 0 Å². The van der Waals surface area contributed by atoms with Gasteiger partial charge in [0.1, 0.15) is 0 Å². The Bertz CT molecular complexity index is 611. The molecule has 0 aromatic heterocycles. The van der Waals surface area contributed by atoms with Crippen LogP contribution in [0, 0.1) is 0 Å². The molecule has 1 saturated carbocycles. The van der Waals surface area contributed by atoms with E-state index >= 15 is 0 Å². The van der Waals surface area contributed by atoms with E-state index in [1.807, 2.05) is 36.0 Å². The highest BCUT2D eigenvalue weighted by atomic mass is 127. The lowest BCUT2D eigenvalue weighted by Crippen LogP contribution is -2.45. The minimum absolute atomic E-state index is 0. The second kappa shape index (κ2) is 13.3. The summed E-state index contributed by atoms with van der Waals surface area (Å²) in [6.07, 6.45) is 8.07. The van der Waals surface area contributed by atoms with Crippen molar-refractivity contribution in [3.8, 4) is 0 Å². The second-order valence-corrected chi connectivity index (χ2v) is 7.79. The fourth-order valence-corrected chi connectivity index (χ4v) is 4.14. The quantitative estimate of drug-likeness (QED) is 0.303. The van der Waals surface area contributed by atoms with Crippen molar-refractivity contribution < 1.29 is 4.79 Å². The smallest absolute Gasteiger partial charge is 0.251 e. The highest BCUT2D eigenvalue weighted by Gasteiger charge is 2.21. The lowest BCUT2D eigenvalue weighted by molar-refractivity contribution is 0.0963. The molecule has 1 amide bonds. The number of thioether (sulfide) groups is 1. The number of benzene rings is 1. The van der Waals surface area contributed by atoms with Crippen LogP contribution in [0.2, 0.25) is 0 Å². The molecule has 27 heavy (non-hydrogen) atoms. The number of carbonyl (C=O) groups is 1. The molecule has 3 N–H and O–H groups in total. The third-order valence-corrected chi connectivity index (χ3v) is 5.83. The number of hydrogen-bond donors (Lipinski definition) is 3. The third-order valence-electron chi connectivity index (χ3n) is 4.73. The maximum absolute atomic E-state index is 11.7. The summed E-state index contributed by atoms with van der Waals surface area (Å²) in [4.78, 5) is 16.5. The van der Waals surface area contributed by atoms with Gasteiger partial charge in [0, 0.05) is 37.0 Å². The van der Waals surface area contributed by atoms with E-state index in [2.05, 4.69) is 29.1 Å². The normalized spacial score (nSPS) is 19.7. The van der Waals surface area contributed by atoms with Crippen LogP contribution >= 0.6 is 35.7 Å². The van der Waals surface area contributed by atoms with Gasteiger partial charge >= 0.3 is 0 Å². The van der Waals surface area contributed by atoms with Crippen LogP contribution in [0.25, 0.3) is 0 Å². The Morgan fingerprint density at radius 2 is 2.15 bits per heavy atom. The molecule has 0 heterocycles. The molecule has 0 spiro atoms. The number of halogens is 1. The van der Waals surface area contributed by atoms with E-state index in [-0.39, 0.29) is 29.9 Å². The third kappa shape index (κ3) is 8.29. The van der Waals surface area contributed by atoms with Crippen molar-refractivity contribution in [3.63, 3.8) is 0 Å². The van der Waals surface area contributed by atoms with Crippen LogP contribution in [0.4, 0.5) is 0 Å².